The van der Waals surface area contributed by atoms with Crippen LogP contribution in [-0.2, 0) is 0 Å². The largest absolute Gasteiger partial charge is 0.336 e. The van der Waals surface area contributed by atoms with Gasteiger partial charge in [-0.2, -0.15) is 5.10 Å². The van der Waals surface area contributed by atoms with Crippen molar-refractivity contribution in [1.29, 1.82) is 0 Å². The van der Waals surface area contributed by atoms with Crippen molar-refractivity contribution in [3.63, 3.8) is 0 Å². The van der Waals surface area contributed by atoms with Crippen LogP contribution in [0.3, 0.4) is 0 Å². The molecule has 1 aliphatic heterocycles. The molecule has 8 heteroatoms. The number of aryl methyl sites for hydroxylation is 2. The number of halogens is 3. The lowest BCUT2D eigenvalue weighted by Gasteiger charge is -2.33. The minimum Gasteiger partial charge on any atom is -0.336 e. The molecule has 1 aromatic heterocycles. The lowest BCUT2D eigenvalue weighted by atomic mass is 10.0. The fourth-order valence-corrected chi connectivity index (χ4v) is 3.13. The first-order valence-electron chi connectivity index (χ1n) is 7.70. The number of rotatable bonds is 2. The van der Waals surface area contributed by atoms with Gasteiger partial charge < -0.3 is 4.90 Å². The number of amides is 1. The second-order valence-corrected chi connectivity index (χ2v) is 5.94. The predicted octanol–water partition coefficient (Wildman–Crippen LogP) is 2.79. The maximum Gasteiger partial charge on any atom is 0.259 e. The lowest BCUT2D eigenvalue weighted by molar-refractivity contribution is 0.0661. The maximum absolute atomic E-state index is 13.8. The third-order valence-corrected chi connectivity index (χ3v) is 4.16. The highest BCUT2D eigenvalue weighted by molar-refractivity contribution is 5.94. The van der Waals surface area contributed by atoms with E-state index in [2.05, 4.69) is 10.1 Å². The van der Waals surface area contributed by atoms with Crippen molar-refractivity contribution >= 4 is 5.91 Å². The Bertz CT molecular complexity index is 767. The molecule has 0 N–H and O–H groups in total. The third-order valence-electron chi connectivity index (χ3n) is 4.16. The minimum absolute atomic E-state index is 0.101. The number of carbonyl (C=O) groups excluding carboxylic acids is 1. The van der Waals surface area contributed by atoms with Gasteiger partial charge in [0.1, 0.15) is 34.7 Å². The Morgan fingerprint density at radius 1 is 1.21 bits per heavy atom. The van der Waals surface area contributed by atoms with Crippen LogP contribution >= 0.6 is 0 Å². The van der Waals surface area contributed by atoms with Gasteiger partial charge in [-0.05, 0) is 26.7 Å². The van der Waals surface area contributed by atoms with Crippen LogP contribution in [-0.4, -0.2) is 38.7 Å². The van der Waals surface area contributed by atoms with Crippen LogP contribution in [0.2, 0.25) is 0 Å². The first-order valence-corrected chi connectivity index (χ1v) is 7.70. The first kappa shape index (κ1) is 16.5. The highest BCUT2D eigenvalue weighted by atomic mass is 19.1. The summed E-state index contributed by atoms with van der Waals surface area (Å²) in [6.45, 7) is 4.26. The highest BCUT2D eigenvalue weighted by Crippen LogP contribution is 2.25. The Labute approximate surface area is 137 Å². The van der Waals surface area contributed by atoms with Crippen LogP contribution in [0.25, 0.3) is 0 Å². The van der Waals surface area contributed by atoms with Crippen molar-refractivity contribution in [2.45, 2.75) is 32.7 Å². The third kappa shape index (κ3) is 3.00. The Balaban J connectivity index is 1.85. The number of piperidine rings is 1. The fourth-order valence-electron chi connectivity index (χ4n) is 3.13. The summed E-state index contributed by atoms with van der Waals surface area (Å²) in [7, 11) is 0. The Hall–Kier alpha value is -2.38. The summed E-state index contributed by atoms with van der Waals surface area (Å²) >= 11 is 0. The van der Waals surface area contributed by atoms with Crippen LogP contribution in [0.5, 0.6) is 0 Å². The SMILES string of the molecule is Cc1nc(C)n([C@H]2CCCN(C(=O)c3c(F)cc(F)cc3F)C2)n1. The molecule has 1 aromatic carbocycles. The zero-order valence-corrected chi connectivity index (χ0v) is 13.4. The second-order valence-electron chi connectivity index (χ2n) is 5.94. The van der Waals surface area contributed by atoms with E-state index in [0.717, 1.165) is 12.2 Å². The molecule has 1 aliphatic rings. The van der Waals surface area contributed by atoms with E-state index in [1.165, 1.54) is 4.90 Å². The van der Waals surface area contributed by atoms with Crippen LogP contribution in [0.15, 0.2) is 12.1 Å². The van der Waals surface area contributed by atoms with Gasteiger partial charge in [0.15, 0.2) is 0 Å². The molecule has 5 nitrogen and oxygen atoms in total. The normalized spacial score (nSPS) is 18.0. The molecule has 2 aromatic rings. The monoisotopic (exact) mass is 338 g/mol. The molecule has 0 aliphatic carbocycles. The fraction of sp³-hybridized carbons (Fsp3) is 0.438. The van der Waals surface area contributed by atoms with Gasteiger partial charge in [-0.25, -0.2) is 22.8 Å². The summed E-state index contributed by atoms with van der Waals surface area (Å²) in [4.78, 5) is 18.1. The molecule has 1 amide bonds. The summed E-state index contributed by atoms with van der Waals surface area (Å²) in [5, 5.41) is 4.32. The first-order chi connectivity index (χ1) is 11.4. The number of aromatic nitrogens is 3. The summed E-state index contributed by atoms with van der Waals surface area (Å²) in [5.41, 5.74) is -0.719. The van der Waals surface area contributed by atoms with Gasteiger partial charge in [-0.3, -0.25) is 4.79 Å². The van der Waals surface area contributed by atoms with E-state index in [4.69, 9.17) is 0 Å². The van der Waals surface area contributed by atoms with Crippen LogP contribution in [0.1, 0.15) is 40.9 Å². The number of hydrogen-bond acceptors (Lipinski definition) is 3. The van der Waals surface area contributed by atoms with Crippen molar-refractivity contribution in [3.8, 4) is 0 Å². The van der Waals surface area contributed by atoms with Crippen molar-refractivity contribution in [2.75, 3.05) is 13.1 Å². The standard InChI is InChI=1S/C16H17F3N4O/c1-9-20-10(2)23(21-9)12-4-3-5-22(8-12)16(24)15-13(18)6-11(17)7-14(15)19/h6-7,12H,3-5,8H2,1-2H3/t12-/m0/s1. The minimum atomic E-state index is -1.19. The van der Waals surface area contributed by atoms with Crippen molar-refractivity contribution in [2.24, 2.45) is 0 Å². The van der Waals surface area contributed by atoms with E-state index in [0.29, 0.717) is 30.9 Å². The van der Waals surface area contributed by atoms with Crippen molar-refractivity contribution in [3.05, 3.63) is 46.8 Å². The molecular formula is C16H17F3N4O. The molecule has 128 valence electrons. The zero-order chi connectivity index (χ0) is 17.4. The van der Waals surface area contributed by atoms with E-state index in [9.17, 15) is 18.0 Å². The van der Waals surface area contributed by atoms with E-state index < -0.39 is 28.9 Å². The molecule has 1 atom stereocenters. The van der Waals surface area contributed by atoms with Gasteiger partial charge in [0.2, 0.25) is 0 Å². The molecular weight excluding hydrogens is 321 g/mol. The zero-order valence-electron chi connectivity index (χ0n) is 13.4. The Kier molecular flexibility index (Phi) is 4.29. The summed E-state index contributed by atoms with van der Waals surface area (Å²) in [5.74, 6) is -2.84. The molecule has 0 radical (unpaired) electrons. The van der Waals surface area contributed by atoms with Crippen LogP contribution in [0, 0.1) is 31.3 Å². The summed E-state index contributed by atoms with van der Waals surface area (Å²) < 4.78 is 42.5. The average Bonchev–Trinajstić information content (AvgIpc) is 2.85. The molecule has 0 saturated carbocycles. The molecule has 0 unspecified atom stereocenters. The van der Waals surface area contributed by atoms with Crippen LogP contribution in [0.4, 0.5) is 13.2 Å². The molecule has 3 rings (SSSR count). The van der Waals surface area contributed by atoms with Crippen molar-refractivity contribution < 1.29 is 18.0 Å². The Morgan fingerprint density at radius 2 is 1.88 bits per heavy atom. The quantitative estimate of drug-likeness (QED) is 0.846. The smallest absolute Gasteiger partial charge is 0.259 e. The Morgan fingerprint density at radius 3 is 2.46 bits per heavy atom. The van der Waals surface area contributed by atoms with E-state index in [-0.39, 0.29) is 12.6 Å². The molecule has 1 saturated heterocycles. The van der Waals surface area contributed by atoms with Gasteiger partial charge in [0.25, 0.3) is 5.91 Å². The molecule has 24 heavy (non-hydrogen) atoms. The van der Waals surface area contributed by atoms with Gasteiger partial charge in [-0.1, -0.05) is 0 Å². The van der Waals surface area contributed by atoms with Gasteiger partial charge in [0, 0.05) is 25.2 Å². The molecule has 0 bridgehead atoms. The molecule has 0 spiro atoms. The second kappa shape index (κ2) is 6.26. The van der Waals surface area contributed by atoms with Crippen LogP contribution < -0.4 is 0 Å². The molecule has 2 heterocycles. The topological polar surface area (TPSA) is 51.0 Å². The number of likely N-dealkylation sites (tertiary alicyclic amines) is 1. The lowest BCUT2D eigenvalue weighted by Crippen LogP contribution is -2.41. The number of benzene rings is 1. The number of carbonyl (C=O) groups is 1. The summed E-state index contributed by atoms with van der Waals surface area (Å²) in [6, 6.07) is 0.932. The van der Waals surface area contributed by atoms with Gasteiger partial charge in [-0.15, -0.1) is 0 Å². The predicted molar refractivity (Wildman–Crippen MR) is 80.0 cm³/mol. The summed E-state index contributed by atoms with van der Waals surface area (Å²) in [6.07, 6.45) is 1.47. The number of hydrogen-bond donors (Lipinski definition) is 0. The molecule has 1 fully saturated rings. The van der Waals surface area contributed by atoms with E-state index in [1.807, 2.05) is 6.92 Å². The van der Waals surface area contributed by atoms with Crippen molar-refractivity contribution in [1.82, 2.24) is 19.7 Å². The highest BCUT2D eigenvalue weighted by Gasteiger charge is 2.30. The van der Waals surface area contributed by atoms with E-state index in [1.54, 1.807) is 11.6 Å². The van der Waals surface area contributed by atoms with E-state index >= 15 is 0 Å². The van der Waals surface area contributed by atoms with Gasteiger partial charge >= 0.3 is 0 Å². The maximum atomic E-state index is 13.8. The number of nitrogens with zero attached hydrogens (tertiary/aromatic N) is 4. The van der Waals surface area contributed by atoms with Gasteiger partial charge in [0.05, 0.1) is 6.04 Å². The average molecular weight is 338 g/mol.